The highest BCUT2D eigenvalue weighted by atomic mass is 16.4. The van der Waals surface area contributed by atoms with E-state index in [2.05, 4.69) is 10.6 Å². The maximum atomic E-state index is 11.9. The summed E-state index contributed by atoms with van der Waals surface area (Å²) in [7, 11) is 1.45. The summed E-state index contributed by atoms with van der Waals surface area (Å²) < 4.78 is 0. The number of carbonyl (C=O) groups is 3. The number of hydrogen-bond acceptors (Lipinski definition) is 3. The summed E-state index contributed by atoms with van der Waals surface area (Å²) in [6.07, 6.45) is 0. The molecule has 3 N–H and O–H groups in total. The molecule has 0 fully saturated rings. The Hall–Kier alpha value is -1.79. The van der Waals surface area contributed by atoms with Crippen molar-refractivity contribution >= 4 is 17.9 Å². The average molecular weight is 301 g/mol. The Bertz CT molecular complexity index is 388. The highest BCUT2D eigenvalue weighted by molar-refractivity contribution is 5.86. The van der Waals surface area contributed by atoms with Crippen LogP contribution in [0.5, 0.6) is 0 Å². The van der Waals surface area contributed by atoms with Crippen molar-refractivity contribution in [3.8, 4) is 0 Å². The van der Waals surface area contributed by atoms with Crippen LogP contribution in [0.4, 0.5) is 4.79 Å². The first-order chi connectivity index (χ1) is 9.45. The van der Waals surface area contributed by atoms with Crippen LogP contribution in [0.3, 0.4) is 0 Å². The molecular weight excluding hydrogens is 274 g/mol. The number of nitrogens with zero attached hydrogens (tertiary/aromatic N) is 1. The lowest BCUT2D eigenvalue weighted by Crippen LogP contribution is -2.53. The molecule has 0 aliphatic rings. The van der Waals surface area contributed by atoms with Gasteiger partial charge in [-0.2, -0.15) is 0 Å². The number of carbonyl (C=O) groups excluding carboxylic acids is 2. The molecule has 0 rings (SSSR count). The molecule has 21 heavy (non-hydrogen) atoms. The first-order valence-electron chi connectivity index (χ1n) is 6.96. The zero-order valence-electron chi connectivity index (χ0n) is 13.7. The molecule has 7 nitrogen and oxygen atoms in total. The smallest absolute Gasteiger partial charge is 0.326 e. The topological polar surface area (TPSA) is 98.7 Å². The molecule has 3 amide bonds. The molecule has 0 radical (unpaired) electrons. The number of carboxylic acid groups (broad SMARTS) is 1. The molecule has 0 aromatic rings. The van der Waals surface area contributed by atoms with Crippen molar-refractivity contribution in [2.75, 3.05) is 20.1 Å². The van der Waals surface area contributed by atoms with Gasteiger partial charge < -0.3 is 20.6 Å². The third kappa shape index (κ3) is 7.53. The molecule has 7 heteroatoms. The molecule has 0 aromatic heterocycles. The second-order valence-electron chi connectivity index (χ2n) is 6.64. The van der Waals surface area contributed by atoms with Gasteiger partial charge in [0.15, 0.2) is 0 Å². The van der Waals surface area contributed by atoms with Crippen LogP contribution in [0.25, 0.3) is 0 Å². The number of hydrogen-bond donors (Lipinski definition) is 3. The van der Waals surface area contributed by atoms with Crippen molar-refractivity contribution in [3.05, 3.63) is 0 Å². The second-order valence-corrected chi connectivity index (χ2v) is 6.64. The molecule has 0 unspecified atom stereocenters. The van der Waals surface area contributed by atoms with Gasteiger partial charge in [0, 0.05) is 13.6 Å². The van der Waals surface area contributed by atoms with Crippen LogP contribution in [0.2, 0.25) is 0 Å². The van der Waals surface area contributed by atoms with E-state index < -0.39 is 23.5 Å². The first-order valence-corrected chi connectivity index (χ1v) is 6.96. The lowest BCUT2D eigenvalue weighted by atomic mass is 9.87. The molecule has 0 aliphatic carbocycles. The van der Waals surface area contributed by atoms with E-state index >= 15 is 0 Å². The Kier molecular flexibility index (Phi) is 7.18. The fraction of sp³-hybridized carbons (Fsp3) is 0.786. The molecular formula is C14H27N3O4. The number of urea groups is 1. The highest BCUT2D eigenvalue weighted by Crippen LogP contribution is 2.19. The van der Waals surface area contributed by atoms with Crippen LogP contribution in [0, 0.1) is 11.3 Å². The molecule has 0 spiro atoms. The predicted octanol–water partition coefficient (Wildman–Crippen LogP) is 0.899. The first kappa shape index (κ1) is 19.2. The van der Waals surface area contributed by atoms with Gasteiger partial charge in [-0.15, -0.1) is 0 Å². The lowest BCUT2D eigenvalue weighted by Gasteiger charge is -2.29. The van der Waals surface area contributed by atoms with Crippen LogP contribution in [0.15, 0.2) is 0 Å². The third-order valence-electron chi connectivity index (χ3n) is 2.82. The van der Waals surface area contributed by atoms with Gasteiger partial charge in [-0.1, -0.05) is 34.6 Å². The summed E-state index contributed by atoms with van der Waals surface area (Å²) in [6, 6.07) is -1.61. The lowest BCUT2D eigenvalue weighted by molar-refractivity contribution is -0.142. The second kappa shape index (κ2) is 7.85. The fourth-order valence-electron chi connectivity index (χ4n) is 1.54. The summed E-state index contributed by atoms with van der Waals surface area (Å²) in [6.45, 7) is 9.53. The molecule has 0 saturated heterocycles. The summed E-state index contributed by atoms with van der Waals surface area (Å²) in [4.78, 5) is 35.9. The van der Waals surface area contributed by atoms with Crippen molar-refractivity contribution < 1.29 is 19.5 Å². The molecule has 0 aliphatic heterocycles. The minimum Gasteiger partial charge on any atom is -0.480 e. The minimum atomic E-state index is -1.10. The van der Waals surface area contributed by atoms with Gasteiger partial charge in [0.05, 0.1) is 0 Å². The van der Waals surface area contributed by atoms with Crippen LogP contribution < -0.4 is 10.6 Å². The SMILES string of the molecule is CC(C)CNC(=O)CN(C)C(=O)N[C@H](C(=O)O)C(C)(C)C. The predicted molar refractivity (Wildman–Crippen MR) is 79.9 cm³/mol. The van der Waals surface area contributed by atoms with Gasteiger partial charge in [-0.05, 0) is 11.3 Å². The monoisotopic (exact) mass is 301 g/mol. The van der Waals surface area contributed by atoms with Gasteiger partial charge in [-0.3, -0.25) is 4.79 Å². The Morgan fingerprint density at radius 3 is 2.10 bits per heavy atom. The van der Waals surface area contributed by atoms with E-state index in [0.717, 1.165) is 4.90 Å². The van der Waals surface area contributed by atoms with Crippen LogP contribution in [-0.4, -0.2) is 54.1 Å². The molecule has 0 saturated carbocycles. The van der Waals surface area contributed by atoms with E-state index in [1.165, 1.54) is 7.05 Å². The van der Waals surface area contributed by atoms with Crippen LogP contribution >= 0.6 is 0 Å². The molecule has 122 valence electrons. The van der Waals surface area contributed by atoms with E-state index in [-0.39, 0.29) is 12.5 Å². The Morgan fingerprint density at radius 2 is 1.71 bits per heavy atom. The number of rotatable bonds is 6. The van der Waals surface area contributed by atoms with Crippen molar-refractivity contribution in [1.82, 2.24) is 15.5 Å². The summed E-state index contributed by atoms with van der Waals surface area (Å²) in [5.41, 5.74) is -0.623. The number of carboxylic acids is 1. The van der Waals surface area contributed by atoms with Gasteiger partial charge in [-0.25, -0.2) is 9.59 Å². The van der Waals surface area contributed by atoms with E-state index in [4.69, 9.17) is 5.11 Å². The van der Waals surface area contributed by atoms with E-state index in [1.54, 1.807) is 20.8 Å². The van der Waals surface area contributed by atoms with Crippen molar-refractivity contribution in [1.29, 1.82) is 0 Å². The maximum absolute atomic E-state index is 11.9. The number of aliphatic carboxylic acids is 1. The van der Waals surface area contributed by atoms with Gasteiger partial charge in [0.1, 0.15) is 12.6 Å². The van der Waals surface area contributed by atoms with Crippen molar-refractivity contribution in [2.45, 2.75) is 40.7 Å². The third-order valence-corrected chi connectivity index (χ3v) is 2.82. The largest absolute Gasteiger partial charge is 0.480 e. The van der Waals surface area contributed by atoms with Gasteiger partial charge in [0.2, 0.25) is 5.91 Å². The fourth-order valence-corrected chi connectivity index (χ4v) is 1.54. The zero-order valence-corrected chi connectivity index (χ0v) is 13.7. The summed E-state index contributed by atoms with van der Waals surface area (Å²) in [5, 5.41) is 14.3. The van der Waals surface area contributed by atoms with Crippen LogP contribution in [0.1, 0.15) is 34.6 Å². The van der Waals surface area contributed by atoms with E-state index in [9.17, 15) is 14.4 Å². The van der Waals surface area contributed by atoms with E-state index in [1.807, 2.05) is 13.8 Å². The van der Waals surface area contributed by atoms with Gasteiger partial charge in [0.25, 0.3) is 0 Å². The minimum absolute atomic E-state index is 0.116. The van der Waals surface area contributed by atoms with Gasteiger partial charge >= 0.3 is 12.0 Å². The Balaban J connectivity index is 4.50. The zero-order chi connectivity index (χ0) is 16.8. The number of likely N-dealkylation sites (N-methyl/N-ethyl adjacent to an activating group) is 1. The summed E-state index contributed by atoms with van der Waals surface area (Å²) >= 11 is 0. The Labute approximate surface area is 126 Å². The highest BCUT2D eigenvalue weighted by Gasteiger charge is 2.33. The van der Waals surface area contributed by atoms with Crippen molar-refractivity contribution in [3.63, 3.8) is 0 Å². The summed E-state index contributed by atoms with van der Waals surface area (Å²) in [5.74, 6) is -1.05. The molecule has 0 bridgehead atoms. The normalized spacial score (nSPS) is 12.7. The Morgan fingerprint density at radius 1 is 1.19 bits per heavy atom. The molecule has 1 atom stereocenters. The van der Waals surface area contributed by atoms with E-state index in [0.29, 0.717) is 12.5 Å². The maximum Gasteiger partial charge on any atom is 0.326 e. The molecule has 0 heterocycles. The number of nitrogens with one attached hydrogen (secondary N) is 2. The molecule has 0 aromatic carbocycles. The standard InChI is InChI=1S/C14H27N3O4/c1-9(2)7-15-10(18)8-17(6)13(21)16-11(12(19)20)14(3,4)5/h9,11H,7-8H2,1-6H3,(H,15,18)(H,16,21)(H,19,20)/t11-/m1/s1. The quantitative estimate of drug-likeness (QED) is 0.678. The average Bonchev–Trinajstić information content (AvgIpc) is 2.30. The van der Waals surface area contributed by atoms with Crippen molar-refractivity contribution in [2.24, 2.45) is 11.3 Å². The van der Waals surface area contributed by atoms with Crippen LogP contribution in [-0.2, 0) is 9.59 Å². The number of amides is 3.